The third-order valence-corrected chi connectivity index (χ3v) is 6.29. The van der Waals surface area contributed by atoms with Crippen molar-refractivity contribution in [2.75, 3.05) is 27.4 Å². The zero-order valence-electron chi connectivity index (χ0n) is 19.3. The summed E-state index contributed by atoms with van der Waals surface area (Å²) in [5.41, 5.74) is 2.66. The second-order valence-electron chi connectivity index (χ2n) is 8.96. The average molecular weight is 439 g/mol. The van der Waals surface area contributed by atoms with Crippen molar-refractivity contribution in [3.05, 3.63) is 47.0 Å². The molecule has 6 nitrogen and oxygen atoms in total. The molecule has 2 aromatic carbocycles. The number of hydrogen-bond donors (Lipinski definition) is 0. The normalized spacial score (nSPS) is 24.0. The zero-order valence-corrected chi connectivity index (χ0v) is 19.3. The number of fused-ring (bicyclic) bond motifs is 6. The van der Waals surface area contributed by atoms with Gasteiger partial charge in [-0.25, -0.2) is 0 Å². The molecule has 0 bridgehead atoms. The van der Waals surface area contributed by atoms with Crippen LogP contribution in [0, 0.1) is 0 Å². The first-order chi connectivity index (χ1) is 15.5. The van der Waals surface area contributed by atoms with Crippen LogP contribution in [0.25, 0.3) is 6.08 Å². The number of rotatable bonds is 5. The predicted molar refractivity (Wildman–Crippen MR) is 121 cm³/mol. The van der Waals surface area contributed by atoms with Crippen molar-refractivity contribution in [2.45, 2.75) is 50.9 Å². The fourth-order valence-corrected chi connectivity index (χ4v) is 4.79. The summed E-state index contributed by atoms with van der Waals surface area (Å²) in [6, 6.07) is 7.99. The van der Waals surface area contributed by atoms with Gasteiger partial charge in [0, 0.05) is 23.8 Å². The summed E-state index contributed by atoms with van der Waals surface area (Å²) in [6.07, 6.45) is 4.74. The molecule has 3 aliphatic rings. The first kappa shape index (κ1) is 21.0. The Kier molecular flexibility index (Phi) is 5.20. The molecule has 0 N–H and O–H groups in total. The molecular formula is C26H30O6. The quantitative estimate of drug-likeness (QED) is 0.632. The molecule has 0 aliphatic carbocycles. The van der Waals surface area contributed by atoms with Gasteiger partial charge in [-0.2, -0.15) is 0 Å². The molecule has 0 amide bonds. The van der Waals surface area contributed by atoms with Gasteiger partial charge < -0.3 is 28.4 Å². The van der Waals surface area contributed by atoms with Gasteiger partial charge in [0.15, 0.2) is 11.5 Å². The van der Waals surface area contributed by atoms with Crippen molar-refractivity contribution >= 4 is 6.08 Å². The molecule has 3 aliphatic heterocycles. The van der Waals surface area contributed by atoms with Crippen molar-refractivity contribution in [1.29, 1.82) is 0 Å². The minimum Gasteiger partial charge on any atom is -0.493 e. The molecule has 0 saturated heterocycles. The summed E-state index contributed by atoms with van der Waals surface area (Å²) in [5, 5.41) is 0. The molecule has 0 fully saturated rings. The molecule has 0 aromatic heterocycles. The maximum Gasteiger partial charge on any atom is 0.164 e. The Bertz CT molecular complexity index is 1060. The van der Waals surface area contributed by atoms with Gasteiger partial charge >= 0.3 is 0 Å². The van der Waals surface area contributed by atoms with Crippen LogP contribution in [0.5, 0.6) is 28.7 Å². The van der Waals surface area contributed by atoms with E-state index < -0.39 is 0 Å². The van der Waals surface area contributed by atoms with Crippen molar-refractivity contribution in [3.8, 4) is 28.7 Å². The highest BCUT2D eigenvalue weighted by molar-refractivity contribution is 5.70. The van der Waals surface area contributed by atoms with E-state index >= 15 is 0 Å². The highest BCUT2D eigenvalue weighted by Gasteiger charge is 2.46. The van der Waals surface area contributed by atoms with Crippen LogP contribution in [0.4, 0.5) is 0 Å². The number of methoxy groups -OCH3 is 2. The molecule has 0 saturated carbocycles. The Morgan fingerprint density at radius 1 is 1.03 bits per heavy atom. The molecule has 6 heteroatoms. The SMILES string of the molecule is CCCO[C@@H]1c2ccc3c(c2OC2COc4cc(OC)c(OC)cc4[C@@H]21)C=CC(C)(C)O3. The summed E-state index contributed by atoms with van der Waals surface area (Å²) in [4.78, 5) is 0. The van der Waals surface area contributed by atoms with E-state index in [1.807, 2.05) is 32.0 Å². The van der Waals surface area contributed by atoms with Crippen molar-refractivity contribution < 1.29 is 28.4 Å². The van der Waals surface area contributed by atoms with E-state index in [-0.39, 0.29) is 23.7 Å². The lowest BCUT2D eigenvalue weighted by atomic mass is 9.79. The lowest BCUT2D eigenvalue weighted by molar-refractivity contribution is -0.0405. The number of benzene rings is 2. The van der Waals surface area contributed by atoms with Gasteiger partial charge in [0.1, 0.15) is 35.6 Å². The Balaban J connectivity index is 1.63. The van der Waals surface area contributed by atoms with Gasteiger partial charge in [0.25, 0.3) is 0 Å². The summed E-state index contributed by atoms with van der Waals surface area (Å²) < 4.78 is 36.4. The number of hydrogen-bond acceptors (Lipinski definition) is 6. The predicted octanol–water partition coefficient (Wildman–Crippen LogP) is 5.29. The summed E-state index contributed by atoms with van der Waals surface area (Å²) in [5.74, 6) is 3.72. The lowest BCUT2D eigenvalue weighted by Crippen LogP contribution is -2.43. The van der Waals surface area contributed by atoms with Crippen LogP contribution in [-0.4, -0.2) is 39.1 Å². The fraction of sp³-hybridized carbons (Fsp3) is 0.462. The largest absolute Gasteiger partial charge is 0.493 e. The molecule has 170 valence electrons. The van der Waals surface area contributed by atoms with Crippen LogP contribution in [0.2, 0.25) is 0 Å². The van der Waals surface area contributed by atoms with Crippen LogP contribution < -0.4 is 23.7 Å². The van der Waals surface area contributed by atoms with Gasteiger partial charge in [-0.1, -0.05) is 6.92 Å². The van der Waals surface area contributed by atoms with E-state index in [4.69, 9.17) is 28.4 Å². The van der Waals surface area contributed by atoms with Crippen LogP contribution >= 0.6 is 0 Å². The van der Waals surface area contributed by atoms with Crippen molar-refractivity contribution in [1.82, 2.24) is 0 Å². The van der Waals surface area contributed by atoms with E-state index in [0.29, 0.717) is 24.7 Å². The fourth-order valence-electron chi connectivity index (χ4n) is 4.79. The molecule has 32 heavy (non-hydrogen) atoms. The number of ether oxygens (including phenoxy) is 6. The first-order valence-electron chi connectivity index (χ1n) is 11.2. The Morgan fingerprint density at radius 3 is 2.56 bits per heavy atom. The minimum absolute atomic E-state index is 0.0272. The summed E-state index contributed by atoms with van der Waals surface area (Å²) in [7, 11) is 3.27. The Morgan fingerprint density at radius 2 is 1.81 bits per heavy atom. The lowest BCUT2D eigenvalue weighted by Gasteiger charge is -2.44. The molecule has 3 atom stereocenters. The second-order valence-corrected chi connectivity index (χ2v) is 8.96. The molecule has 0 radical (unpaired) electrons. The van der Waals surface area contributed by atoms with E-state index in [9.17, 15) is 0 Å². The van der Waals surface area contributed by atoms with Crippen LogP contribution in [0.15, 0.2) is 30.3 Å². The first-order valence-corrected chi connectivity index (χ1v) is 11.2. The molecule has 2 aromatic rings. The van der Waals surface area contributed by atoms with Crippen LogP contribution in [-0.2, 0) is 4.74 Å². The standard InChI is InChI=1S/C26H30O6/c1-6-11-29-25-16-7-8-18-15(9-10-26(2,3)32-18)24(16)31-22-14-30-19-13-21(28-5)20(27-4)12-17(19)23(22)25/h7-10,12-13,22-23,25H,6,11,14H2,1-5H3/t22?,23-,25+/m0/s1. The highest BCUT2D eigenvalue weighted by atomic mass is 16.6. The van der Waals surface area contributed by atoms with Gasteiger partial charge in [0.05, 0.1) is 31.8 Å². The van der Waals surface area contributed by atoms with Crippen LogP contribution in [0.3, 0.4) is 0 Å². The van der Waals surface area contributed by atoms with E-state index in [2.05, 4.69) is 25.1 Å². The Hall–Kier alpha value is -2.86. The van der Waals surface area contributed by atoms with Crippen molar-refractivity contribution in [2.24, 2.45) is 0 Å². The van der Waals surface area contributed by atoms with Gasteiger partial charge in [-0.3, -0.25) is 0 Å². The van der Waals surface area contributed by atoms with E-state index in [0.717, 1.165) is 40.4 Å². The molecular weight excluding hydrogens is 408 g/mol. The molecule has 1 unspecified atom stereocenters. The maximum absolute atomic E-state index is 6.59. The van der Waals surface area contributed by atoms with Gasteiger partial charge in [-0.15, -0.1) is 0 Å². The third kappa shape index (κ3) is 3.37. The zero-order chi connectivity index (χ0) is 22.5. The van der Waals surface area contributed by atoms with Gasteiger partial charge in [-0.05, 0) is 50.6 Å². The summed E-state index contributed by atoms with van der Waals surface area (Å²) >= 11 is 0. The molecule has 5 rings (SSSR count). The highest BCUT2D eigenvalue weighted by Crippen LogP contribution is 2.54. The Labute approximate surface area is 189 Å². The minimum atomic E-state index is -0.348. The van der Waals surface area contributed by atoms with Crippen molar-refractivity contribution in [3.63, 3.8) is 0 Å². The smallest absolute Gasteiger partial charge is 0.164 e. The summed E-state index contributed by atoms with van der Waals surface area (Å²) in [6.45, 7) is 7.30. The maximum atomic E-state index is 6.59. The van der Waals surface area contributed by atoms with Gasteiger partial charge in [0.2, 0.25) is 0 Å². The molecule has 0 spiro atoms. The van der Waals surface area contributed by atoms with Crippen LogP contribution in [0.1, 0.15) is 55.9 Å². The van der Waals surface area contributed by atoms with E-state index in [1.165, 1.54) is 0 Å². The third-order valence-electron chi connectivity index (χ3n) is 6.29. The average Bonchev–Trinajstić information content (AvgIpc) is 2.79. The topological polar surface area (TPSA) is 55.4 Å². The van der Waals surface area contributed by atoms with E-state index in [1.54, 1.807) is 14.2 Å². The second kappa shape index (κ2) is 7.93. The molecule has 3 heterocycles. The monoisotopic (exact) mass is 438 g/mol.